The average molecular weight is 320 g/mol. The molecule has 3 heterocycles. The molecule has 1 aromatic carbocycles. The highest BCUT2D eigenvalue weighted by atomic mass is 16.5. The highest BCUT2D eigenvalue weighted by Crippen LogP contribution is 2.57. The molecule has 4 nitrogen and oxygen atoms in total. The van der Waals surface area contributed by atoms with Crippen molar-refractivity contribution in [3.8, 4) is 6.07 Å². The lowest BCUT2D eigenvalue weighted by molar-refractivity contribution is -0.0887. The molecule has 0 amide bonds. The van der Waals surface area contributed by atoms with Crippen LogP contribution in [0.5, 0.6) is 0 Å². The highest BCUT2D eigenvalue weighted by molar-refractivity contribution is 5.50. The zero-order chi connectivity index (χ0) is 16.5. The second-order valence-electron chi connectivity index (χ2n) is 6.44. The van der Waals surface area contributed by atoms with Gasteiger partial charge in [-0.3, -0.25) is 0 Å². The summed E-state index contributed by atoms with van der Waals surface area (Å²) >= 11 is 0. The van der Waals surface area contributed by atoms with Gasteiger partial charge in [0.25, 0.3) is 0 Å². The smallest absolute Gasteiger partial charge is 0.117 e. The van der Waals surface area contributed by atoms with Crippen LogP contribution in [0.2, 0.25) is 0 Å². The number of nitriles is 1. The number of rotatable bonds is 7. The summed E-state index contributed by atoms with van der Waals surface area (Å²) in [5.74, 6) is 0. The van der Waals surface area contributed by atoms with Gasteiger partial charge in [-0.05, 0) is 24.1 Å². The van der Waals surface area contributed by atoms with Crippen LogP contribution in [-0.2, 0) is 27.3 Å². The maximum absolute atomic E-state index is 8.94. The number of aromatic nitrogens is 1. The van der Waals surface area contributed by atoms with E-state index in [4.69, 9.17) is 14.7 Å². The molecule has 0 fully saturated rings. The third-order valence-electron chi connectivity index (χ3n) is 4.98. The minimum atomic E-state index is -0.440. The number of nitrogens with one attached hydrogen (secondary N) is 1. The lowest BCUT2D eigenvalue weighted by Gasteiger charge is -2.26. The molecule has 2 aliphatic rings. The summed E-state index contributed by atoms with van der Waals surface area (Å²) in [7, 11) is 0. The zero-order valence-electron chi connectivity index (χ0n) is 13.5. The Morgan fingerprint density at radius 1 is 1.04 bits per heavy atom. The molecule has 1 aromatic heterocycles. The van der Waals surface area contributed by atoms with Gasteiger partial charge in [0.15, 0.2) is 0 Å². The van der Waals surface area contributed by atoms with E-state index in [-0.39, 0.29) is 0 Å². The van der Waals surface area contributed by atoms with Crippen LogP contribution in [0.3, 0.4) is 0 Å². The van der Waals surface area contributed by atoms with Gasteiger partial charge in [-0.25, -0.2) is 0 Å². The van der Waals surface area contributed by atoms with Gasteiger partial charge in [0.2, 0.25) is 0 Å². The van der Waals surface area contributed by atoms with Crippen LogP contribution in [0, 0.1) is 11.3 Å². The van der Waals surface area contributed by atoms with Crippen molar-refractivity contribution >= 4 is 0 Å². The topological polar surface area (TPSA) is 58.0 Å². The Bertz CT molecular complexity index is 789. The Morgan fingerprint density at radius 2 is 1.75 bits per heavy atom. The number of aromatic amines is 1. The number of hydrogen-bond donors (Lipinski definition) is 1. The fraction of sp³-hybridized carbons (Fsp3) is 0.350. The normalized spacial score (nSPS) is 26.5. The number of benzene rings is 1. The molecule has 0 radical (unpaired) electrons. The summed E-state index contributed by atoms with van der Waals surface area (Å²) in [5.41, 5.74) is 2.68. The van der Waals surface area contributed by atoms with E-state index in [2.05, 4.69) is 35.3 Å². The molecule has 4 heteroatoms. The van der Waals surface area contributed by atoms with Crippen molar-refractivity contribution in [2.24, 2.45) is 0 Å². The molecule has 4 rings (SSSR count). The van der Waals surface area contributed by atoms with E-state index in [1.807, 2.05) is 30.6 Å². The monoisotopic (exact) mass is 320 g/mol. The number of ether oxygens (including phenoxy) is 2. The average Bonchev–Trinajstić information content (AvgIpc) is 3.30. The van der Waals surface area contributed by atoms with Crippen LogP contribution >= 0.6 is 0 Å². The molecule has 2 atom stereocenters. The first-order valence-corrected chi connectivity index (χ1v) is 8.35. The third-order valence-corrected chi connectivity index (χ3v) is 4.98. The van der Waals surface area contributed by atoms with Gasteiger partial charge in [-0.1, -0.05) is 30.3 Å². The quantitative estimate of drug-likeness (QED) is 0.621. The molecule has 1 N–H and O–H groups in total. The van der Waals surface area contributed by atoms with E-state index in [0.717, 1.165) is 6.42 Å². The van der Waals surface area contributed by atoms with E-state index in [9.17, 15) is 0 Å². The second-order valence-corrected chi connectivity index (χ2v) is 6.44. The standard InChI is InChI=1S/C20H20N2O2/c21-11-4-7-19-8-9-20(24-19,18-14-22-13-17(18)19)10-12-23-15-16-5-2-1-3-6-16/h1-3,5-6,8-9,13-14,22H,4,7,10,12,15H2. The summed E-state index contributed by atoms with van der Waals surface area (Å²) in [5, 5.41) is 8.94. The molecular weight excluding hydrogens is 300 g/mol. The van der Waals surface area contributed by atoms with Gasteiger partial charge < -0.3 is 14.5 Å². The first-order chi connectivity index (χ1) is 11.8. The van der Waals surface area contributed by atoms with Crippen molar-refractivity contribution in [1.82, 2.24) is 4.98 Å². The predicted molar refractivity (Wildman–Crippen MR) is 89.9 cm³/mol. The van der Waals surface area contributed by atoms with Crippen molar-refractivity contribution in [3.05, 3.63) is 71.6 Å². The van der Waals surface area contributed by atoms with Crippen LogP contribution in [0.4, 0.5) is 0 Å². The van der Waals surface area contributed by atoms with Gasteiger partial charge in [0.1, 0.15) is 11.2 Å². The van der Waals surface area contributed by atoms with Gasteiger partial charge in [0.05, 0.1) is 19.3 Å². The van der Waals surface area contributed by atoms with Crippen LogP contribution in [0.15, 0.2) is 54.9 Å². The summed E-state index contributed by atoms with van der Waals surface area (Å²) < 4.78 is 12.3. The second kappa shape index (κ2) is 5.94. The van der Waals surface area contributed by atoms with Crippen LogP contribution < -0.4 is 0 Å². The zero-order valence-corrected chi connectivity index (χ0v) is 13.5. The highest BCUT2D eigenvalue weighted by Gasteiger charge is 2.55. The first-order valence-electron chi connectivity index (χ1n) is 8.35. The summed E-state index contributed by atoms with van der Waals surface area (Å²) in [6, 6.07) is 12.4. The molecule has 122 valence electrons. The Hall–Kier alpha value is -2.35. The molecule has 2 aromatic rings. The lowest BCUT2D eigenvalue weighted by Crippen LogP contribution is -2.25. The summed E-state index contributed by atoms with van der Waals surface area (Å²) in [4.78, 5) is 3.20. The Labute approximate surface area is 141 Å². The predicted octanol–water partition coefficient (Wildman–Crippen LogP) is 3.92. The van der Waals surface area contributed by atoms with Crippen LogP contribution in [0.1, 0.15) is 36.0 Å². The van der Waals surface area contributed by atoms with Crippen molar-refractivity contribution in [3.63, 3.8) is 0 Å². The van der Waals surface area contributed by atoms with E-state index >= 15 is 0 Å². The van der Waals surface area contributed by atoms with E-state index in [1.54, 1.807) is 0 Å². The molecular formula is C20H20N2O2. The maximum atomic E-state index is 8.94. The van der Waals surface area contributed by atoms with Crippen LogP contribution in [-0.4, -0.2) is 11.6 Å². The van der Waals surface area contributed by atoms with E-state index in [0.29, 0.717) is 26.1 Å². The Morgan fingerprint density at radius 3 is 2.46 bits per heavy atom. The summed E-state index contributed by atoms with van der Waals surface area (Å²) in [6.07, 6.45) is 10.2. The SMILES string of the molecule is N#CCCC12C=CC(CCOCc3ccccc3)(O1)c1c[nH]cc12. The first kappa shape index (κ1) is 15.2. The minimum absolute atomic E-state index is 0.415. The largest absolute Gasteiger partial charge is 0.377 e. The molecule has 0 aliphatic carbocycles. The molecule has 0 saturated carbocycles. The molecule has 0 spiro atoms. The number of H-pyrrole nitrogens is 1. The maximum Gasteiger partial charge on any atom is 0.117 e. The van der Waals surface area contributed by atoms with Gasteiger partial charge in [-0.15, -0.1) is 0 Å². The molecule has 0 saturated heterocycles. The Balaban J connectivity index is 1.43. The van der Waals surface area contributed by atoms with Gasteiger partial charge >= 0.3 is 0 Å². The number of nitrogens with zero attached hydrogens (tertiary/aromatic N) is 1. The third kappa shape index (κ3) is 2.37. The van der Waals surface area contributed by atoms with Crippen molar-refractivity contribution in [1.29, 1.82) is 5.26 Å². The fourth-order valence-corrected chi connectivity index (χ4v) is 3.78. The van der Waals surface area contributed by atoms with Crippen LogP contribution in [0.25, 0.3) is 0 Å². The molecule has 2 bridgehead atoms. The molecule has 24 heavy (non-hydrogen) atoms. The molecule has 2 aliphatic heterocycles. The van der Waals surface area contributed by atoms with E-state index in [1.165, 1.54) is 16.7 Å². The van der Waals surface area contributed by atoms with Crippen molar-refractivity contribution in [2.45, 2.75) is 37.1 Å². The van der Waals surface area contributed by atoms with Crippen molar-refractivity contribution in [2.75, 3.05) is 6.61 Å². The number of hydrogen-bond acceptors (Lipinski definition) is 3. The summed E-state index contributed by atoms with van der Waals surface area (Å²) in [6.45, 7) is 1.23. The van der Waals surface area contributed by atoms with E-state index < -0.39 is 11.2 Å². The molecule has 2 unspecified atom stereocenters. The Kier molecular flexibility index (Phi) is 3.76. The van der Waals surface area contributed by atoms with Gasteiger partial charge in [-0.2, -0.15) is 5.26 Å². The van der Waals surface area contributed by atoms with Crippen molar-refractivity contribution < 1.29 is 9.47 Å². The fourth-order valence-electron chi connectivity index (χ4n) is 3.78. The lowest BCUT2D eigenvalue weighted by atomic mass is 9.81. The van der Waals surface area contributed by atoms with Gasteiger partial charge in [0, 0.05) is 36.4 Å². The minimum Gasteiger partial charge on any atom is -0.377 e. The number of fused-ring (bicyclic) bond motifs is 5.